The van der Waals surface area contributed by atoms with Crippen LogP contribution in [0.2, 0.25) is 0 Å². The number of hydrogen-bond donors (Lipinski definition) is 0. The van der Waals surface area contributed by atoms with Gasteiger partial charge in [0.1, 0.15) is 0 Å². The van der Waals surface area contributed by atoms with Crippen molar-refractivity contribution in [2.24, 2.45) is 0 Å². The van der Waals surface area contributed by atoms with Crippen LogP contribution < -0.4 is 5.56 Å². The molecule has 0 radical (unpaired) electrons. The lowest BCUT2D eigenvalue weighted by atomic mass is 10.1. The van der Waals surface area contributed by atoms with E-state index in [1.807, 2.05) is 12.1 Å². The van der Waals surface area contributed by atoms with Crippen LogP contribution in [0.25, 0.3) is 21.8 Å². The summed E-state index contributed by atoms with van der Waals surface area (Å²) >= 11 is 3.17. The Kier molecular flexibility index (Phi) is 6.02. The zero-order valence-electron chi connectivity index (χ0n) is 18.7. The molecule has 0 aliphatic rings. The first-order chi connectivity index (χ1) is 16.7. The van der Waals surface area contributed by atoms with Crippen molar-refractivity contribution in [3.05, 3.63) is 98.9 Å². The number of aromatic nitrogens is 4. The molecule has 0 saturated heterocycles. The molecule has 3 aromatic heterocycles. The molecule has 5 rings (SSSR count). The normalized spacial score (nSPS) is 11.9. The first-order valence-corrected chi connectivity index (χ1v) is 12.5. The Bertz CT molecular complexity index is 1600. The summed E-state index contributed by atoms with van der Waals surface area (Å²) in [7, 11) is 0. The van der Waals surface area contributed by atoms with Gasteiger partial charge < -0.3 is 0 Å². The maximum atomic E-state index is 13.3. The molecule has 5 nitrogen and oxygen atoms in total. The van der Waals surface area contributed by atoms with Crippen LogP contribution >= 0.6 is 23.1 Å². The summed E-state index contributed by atoms with van der Waals surface area (Å²) in [6.45, 7) is 3.42. The highest BCUT2D eigenvalue weighted by atomic mass is 32.2. The molecule has 0 fully saturated rings. The molecule has 0 aliphatic carbocycles. The van der Waals surface area contributed by atoms with Crippen molar-refractivity contribution in [2.75, 3.05) is 0 Å². The summed E-state index contributed by atoms with van der Waals surface area (Å²) in [6.07, 6.45) is -1.45. The van der Waals surface area contributed by atoms with Gasteiger partial charge in [-0.15, -0.1) is 21.5 Å². The van der Waals surface area contributed by atoms with E-state index in [0.717, 1.165) is 17.2 Å². The van der Waals surface area contributed by atoms with Crippen molar-refractivity contribution in [3.63, 3.8) is 0 Å². The third kappa shape index (κ3) is 4.39. The van der Waals surface area contributed by atoms with Crippen LogP contribution in [0.5, 0.6) is 0 Å². The number of nitrogens with zero attached hydrogens (tertiary/aromatic N) is 4. The third-order valence-corrected chi connectivity index (χ3v) is 7.72. The molecule has 35 heavy (non-hydrogen) atoms. The molecular weight excluding hydrogens is 493 g/mol. The second kappa shape index (κ2) is 9.01. The number of fused-ring (bicyclic) bond motifs is 1. The molecule has 0 spiro atoms. The Morgan fingerprint density at radius 1 is 0.971 bits per heavy atom. The lowest BCUT2D eigenvalue weighted by Gasteiger charge is -2.15. The molecule has 2 aromatic carbocycles. The predicted molar refractivity (Wildman–Crippen MR) is 132 cm³/mol. The van der Waals surface area contributed by atoms with E-state index in [2.05, 4.69) is 41.4 Å². The van der Waals surface area contributed by atoms with Crippen molar-refractivity contribution in [1.82, 2.24) is 19.2 Å². The summed E-state index contributed by atoms with van der Waals surface area (Å²) in [6, 6.07) is 16.1. The summed E-state index contributed by atoms with van der Waals surface area (Å²) in [5, 5.41) is 8.75. The van der Waals surface area contributed by atoms with Gasteiger partial charge in [0, 0.05) is 27.9 Å². The molecule has 5 aromatic rings. The first kappa shape index (κ1) is 23.4. The highest BCUT2D eigenvalue weighted by molar-refractivity contribution is 7.98. The van der Waals surface area contributed by atoms with Gasteiger partial charge in [0.25, 0.3) is 0 Å². The van der Waals surface area contributed by atoms with Crippen LogP contribution in [0, 0.1) is 13.8 Å². The Labute approximate surface area is 206 Å². The highest BCUT2D eigenvalue weighted by Crippen LogP contribution is 2.35. The standard InChI is InChI=1S/C25H19F3N4OS2/c1-15-10-11-21(35-15)18-7-4-3-6-17(18)14-34-24-30-29-22-23(33)31(12-13-32(22)24)20-9-5-8-19(16(20)2)25(26,27)28/h3-13H,14H2,1-2H3. The molecule has 0 saturated carbocycles. The van der Waals surface area contributed by atoms with Crippen molar-refractivity contribution < 1.29 is 13.2 Å². The second-order valence-corrected chi connectivity index (χ2v) is 10.2. The zero-order chi connectivity index (χ0) is 24.7. The number of benzene rings is 2. The van der Waals surface area contributed by atoms with E-state index in [1.165, 1.54) is 51.3 Å². The van der Waals surface area contributed by atoms with Crippen molar-refractivity contribution >= 4 is 28.7 Å². The predicted octanol–water partition coefficient (Wildman–Crippen LogP) is 6.54. The molecule has 178 valence electrons. The van der Waals surface area contributed by atoms with Gasteiger partial charge in [-0.05, 0) is 54.8 Å². The number of hydrogen-bond acceptors (Lipinski definition) is 5. The maximum absolute atomic E-state index is 13.3. The van der Waals surface area contributed by atoms with Crippen molar-refractivity contribution in [1.29, 1.82) is 0 Å². The van der Waals surface area contributed by atoms with E-state index in [9.17, 15) is 18.0 Å². The van der Waals surface area contributed by atoms with E-state index in [0.29, 0.717) is 10.9 Å². The molecule has 3 heterocycles. The smallest absolute Gasteiger partial charge is 0.279 e. The van der Waals surface area contributed by atoms with E-state index < -0.39 is 17.3 Å². The van der Waals surface area contributed by atoms with Crippen LogP contribution in [-0.4, -0.2) is 19.2 Å². The SMILES string of the molecule is Cc1ccc(-c2ccccc2CSc2nnc3c(=O)n(-c4cccc(C(F)(F)F)c4C)ccn23)s1. The minimum atomic E-state index is -4.51. The Morgan fingerprint density at radius 3 is 2.51 bits per heavy atom. The fourth-order valence-corrected chi connectivity index (χ4v) is 5.80. The van der Waals surface area contributed by atoms with Gasteiger partial charge in [-0.1, -0.05) is 42.1 Å². The van der Waals surface area contributed by atoms with Crippen LogP contribution in [0.3, 0.4) is 0 Å². The number of rotatable bonds is 5. The van der Waals surface area contributed by atoms with Crippen LogP contribution in [0.4, 0.5) is 13.2 Å². The van der Waals surface area contributed by atoms with Gasteiger partial charge in [0.05, 0.1) is 11.3 Å². The highest BCUT2D eigenvalue weighted by Gasteiger charge is 2.33. The van der Waals surface area contributed by atoms with E-state index in [4.69, 9.17) is 0 Å². The fourth-order valence-electron chi connectivity index (χ4n) is 3.95. The van der Waals surface area contributed by atoms with Crippen molar-refractivity contribution in [3.8, 4) is 16.1 Å². The van der Waals surface area contributed by atoms with Gasteiger partial charge in [-0.25, -0.2) is 0 Å². The number of aryl methyl sites for hydroxylation is 1. The van der Waals surface area contributed by atoms with Gasteiger partial charge >= 0.3 is 11.7 Å². The Hall–Kier alpha value is -3.37. The van der Waals surface area contributed by atoms with Gasteiger partial charge in [0.2, 0.25) is 5.65 Å². The van der Waals surface area contributed by atoms with E-state index in [1.54, 1.807) is 21.9 Å². The van der Waals surface area contributed by atoms with E-state index in [-0.39, 0.29) is 16.9 Å². The van der Waals surface area contributed by atoms with Crippen LogP contribution in [0.1, 0.15) is 21.6 Å². The average Bonchev–Trinajstić information content (AvgIpc) is 3.44. The quantitative estimate of drug-likeness (QED) is 0.251. The zero-order valence-corrected chi connectivity index (χ0v) is 20.3. The maximum Gasteiger partial charge on any atom is 0.416 e. The molecule has 0 bridgehead atoms. The largest absolute Gasteiger partial charge is 0.416 e. The van der Waals surface area contributed by atoms with Crippen LogP contribution in [-0.2, 0) is 11.9 Å². The molecular formula is C25H19F3N4OS2. The number of alkyl halides is 3. The van der Waals surface area contributed by atoms with Crippen molar-refractivity contribution in [2.45, 2.75) is 30.9 Å². The topological polar surface area (TPSA) is 52.2 Å². The first-order valence-electron chi connectivity index (χ1n) is 10.6. The fraction of sp³-hybridized carbons (Fsp3) is 0.160. The monoisotopic (exact) mass is 512 g/mol. The summed E-state index contributed by atoms with van der Waals surface area (Å²) in [5.74, 6) is 0.615. The lowest BCUT2D eigenvalue weighted by Crippen LogP contribution is -2.22. The minimum Gasteiger partial charge on any atom is -0.279 e. The number of halogens is 3. The molecule has 10 heteroatoms. The third-order valence-electron chi connectivity index (χ3n) is 5.69. The summed E-state index contributed by atoms with van der Waals surface area (Å²) in [4.78, 5) is 15.5. The minimum absolute atomic E-state index is 0.0269. The Morgan fingerprint density at radius 2 is 1.77 bits per heavy atom. The molecule has 0 aliphatic heterocycles. The van der Waals surface area contributed by atoms with Gasteiger partial charge in [0.15, 0.2) is 5.16 Å². The van der Waals surface area contributed by atoms with E-state index >= 15 is 0 Å². The molecule has 0 N–H and O–H groups in total. The molecule has 0 atom stereocenters. The van der Waals surface area contributed by atoms with Crippen LogP contribution in [0.15, 0.2) is 76.9 Å². The summed E-state index contributed by atoms with van der Waals surface area (Å²) < 4.78 is 42.8. The lowest BCUT2D eigenvalue weighted by molar-refractivity contribution is -0.138. The molecule has 0 unspecified atom stereocenters. The number of thiophene rings is 1. The number of thioether (sulfide) groups is 1. The average molecular weight is 513 g/mol. The van der Waals surface area contributed by atoms with Gasteiger partial charge in [-0.2, -0.15) is 13.2 Å². The summed E-state index contributed by atoms with van der Waals surface area (Å²) in [5.41, 5.74) is 1.14. The molecule has 0 amide bonds. The second-order valence-electron chi connectivity index (χ2n) is 7.95. The Balaban J connectivity index is 1.47. The van der Waals surface area contributed by atoms with Gasteiger partial charge in [-0.3, -0.25) is 13.8 Å².